The third kappa shape index (κ3) is 5.19. The molecule has 0 amide bonds. The van der Waals surface area contributed by atoms with Gasteiger partial charge in [0, 0.05) is 22.3 Å². The normalized spacial score (nSPS) is 11.4. The van der Waals surface area contributed by atoms with Crippen molar-refractivity contribution in [1.82, 2.24) is 15.0 Å². The third-order valence-corrected chi connectivity index (χ3v) is 6.98. The van der Waals surface area contributed by atoms with Gasteiger partial charge in [0.05, 0.1) is 0 Å². The van der Waals surface area contributed by atoms with Gasteiger partial charge in [-0.15, -0.1) is 0 Å². The van der Waals surface area contributed by atoms with Crippen LogP contribution < -0.4 is 0 Å². The molecule has 1 heterocycles. The van der Waals surface area contributed by atoms with Crippen molar-refractivity contribution >= 4 is 16.3 Å². The van der Waals surface area contributed by atoms with E-state index in [1.807, 2.05) is 115 Å². The van der Waals surface area contributed by atoms with Crippen molar-refractivity contribution in [3.05, 3.63) is 152 Å². The fourth-order valence-electron chi connectivity index (χ4n) is 4.95. The van der Waals surface area contributed by atoms with Gasteiger partial charge in [-0.05, 0) is 39.6 Å². The summed E-state index contributed by atoms with van der Waals surface area (Å²) in [6.45, 7) is 7.76. The van der Waals surface area contributed by atoms with Crippen LogP contribution in [0.1, 0.15) is 5.56 Å². The lowest BCUT2D eigenvalue weighted by Crippen LogP contribution is -2.00. The molecule has 0 saturated heterocycles. The molecule has 4 heteroatoms. The number of nitrogens with zero attached hydrogens (tertiary/aromatic N) is 3. The van der Waals surface area contributed by atoms with Crippen molar-refractivity contribution in [2.24, 2.45) is 0 Å². The highest BCUT2D eigenvalue weighted by atomic mass is 16.3. The van der Waals surface area contributed by atoms with E-state index in [9.17, 15) is 5.11 Å². The van der Waals surface area contributed by atoms with Crippen LogP contribution in [0.3, 0.4) is 0 Å². The summed E-state index contributed by atoms with van der Waals surface area (Å²) in [6.07, 6.45) is 5.49. The van der Waals surface area contributed by atoms with Gasteiger partial charge in [-0.2, -0.15) is 0 Å². The minimum Gasteiger partial charge on any atom is -0.507 e. The van der Waals surface area contributed by atoms with E-state index in [2.05, 4.69) is 19.2 Å². The summed E-state index contributed by atoms with van der Waals surface area (Å²) in [5.74, 6) is 1.99. The fourth-order valence-corrected chi connectivity index (χ4v) is 4.95. The van der Waals surface area contributed by atoms with Gasteiger partial charge in [0.25, 0.3) is 0 Å². The Hall–Kier alpha value is -5.61. The minimum atomic E-state index is 0.245. The lowest BCUT2D eigenvalue weighted by molar-refractivity contribution is 0.478. The molecular weight excluding hydrogens is 502 g/mol. The Morgan fingerprint density at radius 2 is 1.20 bits per heavy atom. The highest BCUT2D eigenvalue weighted by Crippen LogP contribution is 2.37. The van der Waals surface area contributed by atoms with E-state index in [0.29, 0.717) is 17.5 Å². The summed E-state index contributed by atoms with van der Waals surface area (Å²) in [6, 6.07) is 37.7. The van der Waals surface area contributed by atoms with Crippen molar-refractivity contribution in [3.8, 4) is 51.0 Å². The van der Waals surface area contributed by atoms with Crippen LogP contribution in [0.2, 0.25) is 0 Å². The second kappa shape index (κ2) is 11.2. The number of allylic oxidation sites excluding steroid dienone is 4. The van der Waals surface area contributed by atoms with E-state index >= 15 is 0 Å². The quantitative estimate of drug-likeness (QED) is 0.210. The molecule has 4 nitrogen and oxygen atoms in total. The van der Waals surface area contributed by atoms with Crippen molar-refractivity contribution in [2.75, 3.05) is 0 Å². The fraction of sp³-hybridized carbons (Fsp3) is 0. The lowest BCUT2D eigenvalue weighted by atomic mass is 9.96. The van der Waals surface area contributed by atoms with Gasteiger partial charge in [-0.25, -0.2) is 15.0 Å². The Balaban J connectivity index is 1.47. The average molecular weight is 530 g/mol. The number of hydrogen-bond donors (Lipinski definition) is 1. The zero-order valence-corrected chi connectivity index (χ0v) is 22.4. The van der Waals surface area contributed by atoms with E-state index in [1.54, 1.807) is 12.1 Å². The van der Waals surface area contributed by atoms with Crippen LogP contribution in [-0.4, -0.2) is 20.1 Å². The smallest absolute Gasteiger partial charge is 0.164 e. The minimum absolute atomic E-state index is 0.245. The molecule has 6 aromatic rings. The van der Waals surface area contributed by atoms with Crippen LogP contribution in [0.15, 0.2) is 147 Å². The van der Waals surface area contributed by atoms with E-state index in [4.69, 9.17) is 15.0 Å². The van der Waals surface area contributed by atoms with Gasteiger partial charge in [0.1, 0.15) is 5.75 Å². The molecule has 5 aromatic carbocycles. The molecule has 196 valence electrons. The molecule has 0 aliphatic heterocycles. The van der Waals surface area contributed by atoms with Crippen molar-refractivity contribution in [1.29, 1.82) is 0 Å². The molecule has 0 aliphatic rings. The molecule has 41 heavy (non-hydrogen) atoms. The zero-order chi connectivity index (χ0) is 28.2. The molecule has 0 fully saturated rings. The number of phenols is 1. The molecule has 0 saturated carbocycles. The molecule has 6 rings (SSSR count). The number of fused-ring (bicyclic) bond motifs is 1. The maximum atomic E-state index is 10.7. The first-order chi connectivity index (χ1) is 20.1. The topological polar surface area (TPSA) is 58.9 Å². The highest BCUT2D eigenvalue weighted by Gasteiger charge is 2.14. The van der Waals surface area contributed by atoms with Crippen molar-refractivity contribution in [2.45, 2.75) is 0 Å². The van der Waals surface area contributed by atoms with Crippen LogP contribution in [-0.2, 0) is 0 Å². The standard InChI is InChI=1S/C37H27N3O/c1-3-11-25(4-2)30-15-10-16-31(24-30)37-39-35(28-13-6-5-7-14-28)38-36(40-37)29-20-18-27(19-21-29)34-32-17-9-8-12-26(32)22-23-33(34)41/h3-24,41H,1-2H2/b25-11+. The Morgan fingerprint density at radius 3 is 1.90 bits per heavy atom. The number of aromatic hydroxyl groups is 1. The van der Waals surface area contributed by atoms with Crippen LogP contribution in [0.5, 0.6) is 5.75 Å². The van der Waals surface area contributed by atoms with Gasteiger partial charge in [-0.3, -0.25) is 0 Å². The maximum Gasteiger partial charge on any atom is 0.164 e. The monoisotopic (exact) mass is 529 g/mol. The van der Waals surface area contributed by atoms with Gasteiger partial charge in [0.2, 0.25) is 0 Å². The molecule has 0 spiro atoms. The Bertz CT molecular complexity index is 1920. The Labute approximate surface area is 239 Å². The summed E-state index contributed by atoms with van der Waals surface area (Å²) in [5, 5.41) is 12.8. The average Bonchev–Trinajstić information content (AvgIpc) is 3.04. The van der Waals surface area contributed by atoms with Crippen LogP contribution >= 0.6 is 0 Å². The van der Waals surface area contributed by atoms with Crippen LogP contribution in [0, 0.1) is 0 Å². The first kappa shape index (κ1) is 25.7. The van der Waals surface area contributed by atoms with E-state index in [-0.39, 0.29) is 5.75 Å². The first-order valence-corrected chi connectivity index (χ1v) is 13.3. The van der Waals surface area contributed by atoms with Gasteiger partial charge in [-0.1, -0.05) is 135 Å². The number of phenolic OH excluding ortho intramolecular Hbond substituents is 1. The molecule has 0 unspecified atom stereocenters. The number of aromatic nitrogens is 3. The SMILES string of the molecule is C=C/C=C(\C=C)c1cccc(-c2nc(-c3ccccc3)nc(-c3ccc(-c4c(O)ccc5ccccc45)cc3)n2)c1. The number of rotatable bonds is 7. The predicted octanol–water partition coefficient (Wildman–Crippen LogP) is 9.15. The molecule has 1 aromatic heterocycles. The number of benzene rings is 5. The molecule has 0 aliphatic carbocycles. The Kier molecular flexibility index (Phi) is 7.04. The molecule has 1 N–H and O–H groups in total. The first-order valence-electron chi connectivity index (χ1n) is 13.3. The summed E-state index contributed by atoms with van der Waals surface area (Å²) >= 11 is 0. The molecule has 0 radical (unpaired) electrons. The predicted molar refractivity (Wildman–Crippen MR) is 169 cm³/mol. The lowest BCUT2D eigenvalue weighted by Gasteiger charge is -2.12. The summed E-state index contributed by atoms with van der Waals surface area (Å²) < 4.78 is 0. The van der Waals surface area contributed by atoms with E-state index in [1.165, 1.54) is 0 Å². The van der Waals surface area contributed by atoms with Crippen LogP contribution in [0.4, 0.5) is 0 Å². The third-order valence-electron chi connectivity index (χ3n) is 6.98. The zero-order valence-electron chi connectivity index (χ0n) is 22.4. The second-order valence-electron chi connectivity index (χ2n) is 9.57. The molecular formula is C37H27N3O. The second-order valence-corrected chi connectivity index (χ2v) is 9.57. The van der Waals surface area contributed by atoms with E-state index < -0.39 is 0 Å². The Morgan fingerprint density at radius 1 is 0.585 bits per heavy atom. The molecule has 0 bridgehead atoms. The summed E-state index contributed by atoms with van der Waals surface area (Å²) in [4.78, 5) is 14.6. The highest BCUT2D eigenvalue weighted by molar-refractivity contribution is 5.99. The largest absolute Gasteiger partial charge is 0.507 e. The van der Waals surface area contributed by atoms with E-state index in [0.717, 1.165) is 49.7 Å². The maximum absolute atomic E-state index is 10.7. The van der Waals surface area contributed by atoms with Crippen LogP contribution in [0.25, 0.3) is 61.6 Å². The summed E-state index contributed by atoms with van der Waals surface area (Å²) in [7, 11) is 0. The van der Waals surface area contributed by atoms with Crippen molar-refractivity contribution < 1.29 is 5.11 Å². The summed E-state index contributed by atoms with van der Waals surface area (Å²) in [5.41, 5.74) is 6.31. The van der Waals surface area contributed by atoms with Gasteiger partial charge < -0.3 is 5.11 Å². The molecule has 0 atom stereocenters. The number of hydrogen-bond acceptors (Lipinski definition) is 4. The van der Waals surface area contributed by atoms with Gasteiger partial charge in [0.15, 0.2) is 17.5 Å². The van der Waals surface area contributed by atoms with Gasteiger partial charge >= 0.3 is 0 Å². The van der Waals surface area contributed by atoms with Crippen molar-refractivity contribution in [3.63, 3.8) is 0 Å².